The molecule has 5 heteroatoms. The topological polar surface area (TPSA) is 49.2 Å². The summed E-state index contributed by atoms with van der Waals surface area (Å²) < 4.78 is 15.7. The second-order valence-corrected chi connectivity index (χ2v) is 13.8. The molecular formula is C50H31N3O2. The zero-order chi connectivity index (χ0) is 36.3. The first-order chi connectivity index (χ1) is 27.3. The summed E-state index contributed by atoms with van der Waals surface area (Å²) in [6, 6.07) is 64.8. The van der Waals surface area contributed by atoms with Crippen molar-refractivity contribution in [1.29, 1.82) is 0 Å². The summed E-state index contributed by atoms with van der Waals surface area (Å²) in [6.45, 7) is 0. The molecule has 10 aromatic rings. The van der Waals surface area contributed by atoms with E-state index in [1.54, 1.807) is 0 Å². The molecule has 0 amide bonds. The first-order valence-electron chi connectivity index (χ1n) is 18.4. The minimum Gasteiger partial charge on any atom is -0.449 e. The van der Waals surface area contributed by atoms with Gasteiger partial charge in [0.2, 0.25) is 0 Å². The van der Waals surface area contributed by atoms with Gasteiger partial charge in [-0.1, -0.05) is 146 Å². The summed E-state index contributed by atoms with van der Waals surface area (Å²) in [6.07, 6.45) is 0. The van der Waals surface area contributed by atoms with Crippen LogP contribution in [-0.2, 0) is 0 Å². The summed E-state index contributed by atoms with van der Waals surface area (Å²) in [5, 5.41) is 4.44. The maximum atomic E-state index is 6.76. The second kappa shape index (κ2) is 12.6. The van der Waals surface area contributed by atoms with Gasteiger partial charge in [-0.25, -0.2) is 9.97 Å². The number of ether oxygens (including phenoxy) is 2. The van der Waals surface area contributed by atoms with Crippen LogP contribution in [0, 0.1) is 0 Å². The van der Waals surface area contributed by atoms with E-state index in [1.807, 2.05) is 60.7 Å². The molecule has 0 aliphatic carbocycles. The molecular weight excluding hydrogens is 675 g/mol. The monoisotopic (exact) mass is 705 g/mol. The van der Waals surface area contributed by atoms with Crippen molar-refractivity contribution in [3.8, 4) is 73.7 Å². The normalized spacial score (nSPS) is 11.9. The molecule has 0 unspecified atom stereocenters. The molecule has 2 aromatic heterocycles. The van der Waals surface area contributed by atoms with E-state index in [1.165, 1.54) is 0 Å². The molecule has 0 radical (unpaired) electrons. The van der Waals surface area contributed by atoms with Crippen molar-refractivity contribution in [3.05, 3.63) is 188 Å². The molecule has 0 fully saturated rings. The van der Waals surface area contributed by atoms with Gasteiger partial charge in [0.25, 0.3) is 0 Å². The van der Waals surface area contributed by atoms with Crippen LogP contribution >= 0.6 is 0 Å². The standard InChI is InChI=1S/C50H31N3O2/c1-3-14-33(15-4-1)41-31-42(52-50(51-41)34-16-5-2-6-17-34)36-19-13-18-35(30-36)32-26-28-37(29-27-32)53-43-23-10-9-22-40(43)46-38-20-7-8-21-39(38)48-49(47(46)53)55-45-25-12-11-24-44(45)54-48/h1-31H. The van der Waals surface area contributed by atoms with Crippen LogP contribution in [0.4, 0.5) is 0 Å². The maximum Gasteiger partial charge on any atom is 0.195 e. The molecule has 0 saturated carbocycles. The van der Waals surface area contributed by atoms with Crippen molar-refractivity contribution in [2.24, 2.45) is 0 Å². The predicted octanol–water partition coefficient (Wildman–Crippen LogP) is 13.3. The van der Waals surface area contributed by atoms with E-state index in [0.29, 0.717) is 17.3 Å². The van der Waals surface area contributed by atoms with Gasteiger partial charge in [0.1, 0.15) is 5.52 Å². The van der Waals surface area contributed by atoms with Crippen LogP contribution in [0.3, 0.4) is 0 Å². The van der Waals surface area contributed by atoms with Gasteiger partial charge >= 0.3 is 0 Å². The Hall–Kier alpha value is -7.50. The van der Waals surface area contributed by atoms with Gasteiger partial charge in [-0.15, -0.1) is 0 Å². The summed E-state index contributed by atoms with van der Waals surface area (Å²) >= 11 is 0. The van der Waals surface area contributed by atoms with Crippen LogP contribution < -0.4 is 9.47 Å². The van der Waals surface area contributed by atoms with Gasteiger partial charge in [-0.2, -0.15) is 0 Å². The van der Waals surface area contributed by atoms with Crippen molar-refractivity contribution in [1.82, 2.24) is 14.5 Å². The zero-order valence-electron chi connectivity index (χ0n) is 29.6. The van der Waals surface area contributed by atoms with Crippen LogP contribution in [0.25, 0.3) is 83.3 Å². The first-order valence-corrected chi connectivity index (χ1v) is 18.4. The molecule has 1 aliphatic heterocycles. The Balaban J connectivity index is 1.04. The molecule has 0 N–H and O–H groups in total. The molecule has 0 bridgehead atoms. The Kier molecular flexibility index (Phi) is 7.10. The first kappa shape index (κ1) is 31.1. The van der Waals surface area contributed by atoms with Gasteiger partial charge in [0.15, 0.2) is 28.8 Å². The van der Waals surface area contributed by atoms with E-state index in [9.17, 15) is 0 Å². The molecule has 1 aliphatic rings. The average molecular weight is 706 g/mol. The Bertz CT molecular complexity index is 3020. The highest BCUT2D eigenvalue weighted by molar-refractivity contribution is 6.25. The highest BCUT2D eigenvalue weighted by atomic mass is 16.6. The highest BCUT2D eigenvalue weighted by Gasteiger charge is 2.29. The lowest BCUT2D eigenvalue weighted by Crippen LogP contribution is -2.03. The third-order valence-corrected chi connectivity index (χ3v) is 10.5. The molecule has 55 heavy (non-hydrogen) atoms. The SMILES string of the molecule is c1ccc(-c2cc(-c3cccc(-c4ccc(-n5c6ccccc6c6c7ccccc7c7c(c65)Oc5ccccc5O7)cc4)c3)nc(-c3ccccc3)n2)cc1. The summed E-state index contributed by atoms with van der Waals surface area (Å²) in [5.41, 5.74) is 10.1. The quantitative estimate of drug-likeness (QED) is 0.179. The third-order valence-electron chi connectivity index (χ3n) is 10.5. The molecule has 0 spiro atoms. The van der Waals surface area contributed by atoms with Gasteiger partial charge in [0, 0.05) is 38.5 Å². The van der Waals surface area contributed by atoms with Gasteiger partial charge in [-0.05, 0) is 59.0 Å². The Morgan fingerprint density at radius 3 is 1.69 bits per heavy atom. The maximum absolute atomic E-state index is 6.76. The van der Waals surface area contributed by atoms with E-state index in [4.69, 9.17) is 19.4 Å². The number of fused-ring (bicyclic) bond motifs is 9. The lowest BCUT2D eigenvalue weighted by atomic mass is 10.00. The van der Waals surface area contributed by atoms with Gasteiger partial charge < -0.3 is 14.0 Å². The van der Waals surface area contributed by atoms with Crippen LogP contribution in [0.5, 0.6) is 23.0 Å². The molecule has 8 aromatic carbocycles. The number of nitrogens with zero attached hydrogens (tertiary/aromatic N) is 3. The molecule has 3 heterocycles. The number of para-hydroxylation sites is 3. The number of rotatable bonds is 5. The highest BCUT2D eigenvalue weighted by Crippen LogP contribution is 2.54. The Morgan fingerprint density at radius 1 is 0.382 bits per heavy atom. The number of hydrogen-bond acceptors (Lipinski definition) is 4. The van der Waals surface area contributed by atoms with E-state index >= 15 is 0 Å². The van der Waals surface area contributed by atoms with Gasteiger partial charge in [-0.3, -0.25) is 0 Å². The smallest absolute Gasteiger partial charge is 0.195 e. The van der Waals surface area contributed by atoms with E-state index in [-0.39, 0.29) is 0 Å². The third kappa shape index (κ3) is 5.17. The minimum absolute atomic E-state index is 0.700. The summed E-state index contributed by atoms with van der Waals surface area (Å²) in [4.78, 5) is 10.1. The largest absolute Gasteiger partial charge is 0.449 e. The lowest BCUT2D eigenvalue weighted by molar-refractivity contribution is 0.366. The lowest BCUT2D eigenvalue weighted by Gasteiger charge is -2.24. The fraction of sp³-hybridized carbons (Fsp3) is 0. The van der Waals surface area contributed by atoms with E-state index in [0.717, 1.165) is 89.0 Å². The fourth-order valence-corrected chi connectivity index (χ4v) is 7.89. The summed E-state index contributed by atoms with van der Waals surface area (Å²) in [5.74, 6) is 3.56. The van der Waals surface area contributed by atoms with Crippen molar-refractivity contribution in [2.75, 3.05) is 0 Å². The van der Waals surface area contributed by atoms with Crippen molar-refractivity contribution < 1.29 is 9.47 Å². The molecule has 0 atom stereocenters. The van der Waals surface area contributed by atoms with Crippen LogP contribution in [0.15, 0.2) is 188 Å². The zero-order valence-corrected chi connectivity index (χ0v) is 29.6. The van der Waals surface area contributed by atoms with Crippen LogP contribution in [0.1, 0.15) is 0 Å². The predicted molar refractivity (Wildman–Crippen MR) is 222 cm³/mol. The average Bonchev–Trinajstić information content (AvgIpc) is 3.62. The Morgan fingerprint density at radius 2 is 0.945 bits per heavy atom. The molecule has 0 saturated heterocycles. The number of aromatic nitrogens is 3. The fourth-order valence-electron chi connectivity index (χ4n) is 7.89. The minimum atomic E-state index is 0.700. The van der Waals surface area contributed by atoms with E-state index < -0.39 is 0 Å². The van der Waals surface area contributed by atoms with Gasteiger partial charge in [0.05, 0.1) is 16.9 Å². The number of hydrogen-bond donors (Lipinski definition) is 0. The van der Waals surface area contributed by atoms with E-state index in [2.05, 4.69) is 132 Å². The number of benzene rings is 8. The molecule has 258 valence electrons. The van der Waals surface area contributed by atoms with Crippen LogP contribution in [0.2, 0.25) is 0 Å². The molecule has 5 nitrogen and oxygen atoms in total. The van der Waals surface area contributed by atoms with Crippen LogP contribution in [-0.4, -0.2) is 14.5 Å². The Labute approximate surface area is 317 Å². The van der Waals surface area contributed by atoms with Crippen molar-refractivity contribution in [2.45, 2.75) is 0 Å². The summed E-state index contributed by atoms with van der Waals surface area (Å²) in [7, 11) is 0. The van der Waals surface area contributed by atoms with Crippen molar-refractivity contribution in [3.63, 3.8) is 0 Å². The second-order valence-electron chi connectivity index (χ2n) is 13.8. The van der Waals surface area contributed by atoms with Crippen molar-refractivity contribution >= 4 is 32.6 Å². The molecule has 11 rings (SSSR count).